The van der Waals surface area contributed by atoms with Gasteiger partial charge in [-0.2, -0.15) is 0 Å². The van der Waals surface area contributed by atoms with E-state index in [9.17, 15) is 0 Å². The van der Waals surface area contributed by atoms with Crippen LogP contribution in [-0.4, -0.2) is 24.4 Å². The van der Waals surface area contributed by atoms with Crippen LogP contribution in [-0.2, 0) is 0 Å². The summed E-state index contributed by atoms with van der Waals surface area (Å²) in [6, 6.07) is 3.47. The molecular weight excluding hydrogens is 254 g/mol. The van der Waals surface area contributed by atoms with Gasteiger partial charge in [0.15, 0.2) is 11.5 Å². The van der Waals surface area contributed by atoms with Gasteiger partial charge in [-0.25, -0.2) is 0 Å². The molecule has 0 saturated heterocycles. The van der Waals surface area contributed by atoms with Crippen molar-refractivity contribution in [2.75, 3.05) is 20.0 Å². The summed E-state index contributed by atoms with van der Waals surface area (Å²) in [5.41, 5.74) is 6.49. The second-order valence-electron chi connectivity index (χ2n) is 3.43. The fourth-order valence-electron chi connectivity index (χ4n) is 1.38. The zero-order valence-electron chi connectivity index (χ0n) is 10.3. The van der Waals surface area contributed by atoms with Crippen LogP contribution >= 0.6 is 11.8 Å². The molecule has 2 rings (SSSR count). The lowest BCUT2D eigenvalue weighted by Gasteiger charge is -2.10. The molecule has 96 valence electrons. The summed E-state index contributed by atoms with van der Waals surface area (Å²) in [7, 11) is 3.13. The third-order valence-corrected chi connectivity index (χ3v) is 3.13. The minimum Gasteiger partial charge on any atom is -0.493 e. The Balaban J connectivity index is 2.33. The summed E-state index contributed by atoms with van der Waals surface area (Å²) in [5, 5.41) is 8.09. The molecule has 0 spiro atoms. The van der Waals surface area contributed by atoms with Crippen molar-refractivity contribution >= 4 is 17.4 Å². The number of anilines is 1. The molecule has 18 heavy (non-hydrogen) atoms. The maximum absolute atomic E-state index is 5.93. The number of rotatable bonds is 4. The van der Waals surface area contributed by atoms with Crippen LogP contribution in [0.1, 0.15) is 5.89 Å². The molecule has 0 unspecified atom stereocenters. The Morgan fingerprint density at radius 3 is 2.39 bits per heavy atom. The highest BCUT2D eigenvalue weighted by Gasteiger charge is 2.13. The quantitative estimate of drug-likeness (QED) is 0.849. The van der Waals surface area contributed by atoms with Crippen molar-refractivity contribution in [1.29, 1.82) is 0 Å². The average molecular weight is 267 g/mol. The number of ether oxygens (including phenoxy) is 2. The lowest BCUT2D eigenvalue weighted by Crippen LogP contribution is -1.95. The average Bonchev–Trinajstić information content (AvgIpc) is 2.77. The molecule has 0 fully saturated rings. The van der Waals surface area contributed by atoms with Crippen molar-refractivity contribution in [2.45, 2.75) is 17.0 Å². The topological polar surface area (TPSA) is 83.4 Å². The number of aromatic nitrogens is 2. The van der Waals surface area contributed by atoms with Gasteiger partial charge in [-0.05, 0) is 11.8 Å². The van der Waals surface area contributed by atoms with Crippen LogP contribution in [0.3, 0.4) is 0 Å². The molecule has 2 N–H and O–H groups in total. The number of nitrogens with zero attached hydrogens (tertiary/aromatic N) is 2. The maximum Gasteiger partial charge on any atom is 0.281 e. The molecule has 0 aliphatic carbocycles. The number of nitrogen functional groups attached to an aromatic ring is 1. The number of benzene rings is 1. The first-order valence-corrected chi connectivity index (χ1v) is 5.95. The van der Waals surface area contributed by atoms with E-state index in [-0.39, 0.29) is 0 Å². The highest BCUT2D eigenvalue weighted by Crippen LogP contribution is 2.39. The Hall–Kier alpha value is -1.89. The molecular formula is C11H13N3O3S. The van der Waals surface area contributed by atoms with Crippen molar-refractivity contribution < 1.29 is 13.9 Å². The minimum atomic E-state index is 0.436. The van der Waals surface area contributed by atoms with E-state index in [2.05, 4.69) is 10.2 Å². The predicted octanol–water partition coefficient (Wildman–Crippen LogP) is 2.13. The third-order valence-electron chi connectivity index (χ3n) is 2.22. The molecule has 7 heteroatoms. The first-order valence-electron chi connectivity index (χ1n) is 5.13. The summed E-state index contributed by atoms with van der Waals surface area (Å²) in [4.78, 5) is 0.774. The largest absolute Gasteiger partial charge is 0.493 e. The Kier molecular flexibility index (Phi) is 3.61. The first-order chi connectivity index (χ1) is 8.63. The van der Waals surface area contributed by atoms with Gasteiger partial charge in [-0.3, -0.25) is 0 Å². The standard InChI is InChI=1S/C11H13N3O3S/c1-6-13-14-11(17-6)18-10-5-9(16-3)8(15-2)4-7(10)12/h4-5H,12H2,1-3H3. The number of hydrogen-bond acceptors (Lipinski definition) is 7. The Bertz CT molecular complexity index is 556. The molecule has 0 aliphatic rings. The van der Waals surface area contributed by atoms with Crippen molar-refractivity contribution in [3.8, 4) is 11.5 Å². The molecule has 6 nitrogen and oxygen atoms in total. The van der Waals surface area contributed by atoms with E-state index in [1.165, 1.54) is 11.8 Å². The Morgan fingerprint density at radius 1 is 1.17 bits per heavy atom. The smallest absolute Gasteiger partial charge is 0.281 e. The maximum atomic E-state index is 5.93. The summed E-state index contributed by atoms with van der Waals surface area (Å²) < 4.78 is 15.7. The highest BCUT2D eigenvalue weighted by atomic mass is 32.2. The van der Waals surface area contributed by atoms with E-state index in [0.29, 0.717) is 28.3 Å². The molecule has 1 aromatic carbocycles. The van der Waals surface area contributed by atoms with Crippen LogP contribution in [0.25, 0.3) is 0 Å². The lowest BCUT2D eigenvalue weighted by atomic mass is 10.3. The van der Waals surface area contributed by atoms with Gasteiger partial charge in [-0.15, -0.1) is 10.2 Å². The first kappa shape index (κ1) is 12.6. The van der Waals surface area contributed by atoms with Crippen LogP contribution in [0.2, 0.25) is 0 Å². The van der Waals surface area contributed by atoms with Gasteiger partial charge in [0, 0.05) is 29.6 Å². The van der Waals surface area contributed by atoms with Gasteiger partial charge in [0.1, 0.15) is 0 Å². The van der Waals surface area contributed by atoms with E-state index < -0.39 is 0 Å². The van der Waals surface area contributed by atoms with Gasteiger partial charge in [-0.1, -0.05) is 0 Å². The van der Waals surface area contributed by atoms with E-state index in [0.717, 1.165) is 4.90 Å². The lowest BCUT2D eigenvalue weighted by molar-refractivity contribution is 0.354. The van der Waals surface area contributed by atoms with Crippen molar-refractivity contribution in [2.24, 2.45) is 0 Å². The molecule has 0 saturated carbocycles. The summed E-state index contributed by atoms with van der Waals surface area (Å²) in [6.45, 7) is 1.73. The molecule has 1 aromatic heterocycles. The van der Waals surface area contributed by atoms with Crippen molar-refractivity contribution in [1.82, 2.24) is 10.2 Å². The number of aryl methyl sites for hydroxylation is 1. The normalized spacial score (nSPS) is 10.4. The van der Waals surface area contributed by atoms with Crippen LogP contribution in [0.5, 0.6) is 11.5 Å². The van der Waals surface area contributed by atoms with E-state index in [1.807, 2.05) is 0 Å². The number of methoxy groups -OCH3 is 2. The second kappa shape index (κ2) is 5.18. The summed E-state index contributed by atoms with van der Waals surface area (Å²) in [6.07, 6.45) is 0. The van der Waals surface area contributed by atoms with Gasteiger partial charge in [0.25, 0.3) is 5.22 Å². The van der Waals surface area contributed by atoms with E-state index >= 15 is 0 Å². The van der Waals surface area contributed by atoms with Crippen molar-refractivity contribution in [3.05, 3.63) is 18.0 Å². The fraction of sp³-hybridized carbons (Fsp3) is 0.273. The van der Waals surface area contributed by atoms with E-state index in [1.54, 1.807) is 33.3 Å². The molecule has 0 amide bonds. The molecule has 2 aromatic rings. The Morgan fingerprint density at radius 2 is 1.83 bits per heavy atom. The zero-order chi connectivity index (χ0) is 13.1. The number of nitrogens with two attached hydrogens (primary N) is 1. The molecule has 0 radical (unpaired) electrons. The van der Waals surface area contributed by atoms with Crippen LogP contribution in [0.4, 0.5) is 5.69 Å². The van der Waals surface area contributed by atoms with Crippen LogP contribution in [0, 0.1) is 6.92 Å². The molecule has 0 bridgehead atoms. The Labute approximate surface area is 108 Å². The van der Waals surface area contributed by atoms with Crippen LogP contribution in [0.15, 0.2) is 26.7 Å². The summed E-state index contributed by atoms with van der Waals surface area (Å²) >= 11 is 1.28. The molecule has 1 heterocycles. The molecule has 0 aliphatic heterocycles. The monoisotopic (exact) mass is 267 g/mol. The van der Waals surface area contributed by atoms with Gasteiger partial charge < -0.3 is 19.6 Å². The van der Waals surface area contributed by atoms with Gasteiger partial charge >= 0.3 is 0 Å². The second-order valence-corrected chi connectivity index (χ2v) is 4.43. The van der Waals surface area contributed by atoms with Gasteiger partial charge in [0.2, 0.25) is 5.89 Å². The SMILES string of the molecule is COc1cc(N)c(Sc2nnc(C)o2)cc1OC. The fourth-order valence-corrected chi connectivity index (χ4v) is 2.15. The van der Waals surface area contributed by atoms with Crippen LogP contribution < -0.4 is 15.2 Å². The van der Waals surface area contributed by atoms with Crippen molar-refractivity contribution in [3.63, 3.8) is 0 Å². The summed E-state index contributed by atoms with van der Waals surface area (Å²) in [5.74, 6) is 1.70. The molecule has 0 atom stereocenters. The minimum absolute atomic E-state index is 0.436. The zero-order valence-corrected chi connectivity index (χ0v) is 11.1. The number of hydrogen-bond donors (Lipinski definition) is 1. The van der Waals surface area contributed by atoms with E-state index in [4.69, 9.17) is 19.6 Å². The third kappa shape index (κ3) is 2.51. The predicted molar refractivity (Wildman–Crippen MR) is 67.1 cm³/mol. The highest BCUT2D eigenvalue weighted by molar-refractivity contribution is 7.99. The van der Waals surface area contributed by atoms with Gasteiger partial charge in [0.05, 0.1) is 14.2 Å².